The van der Waals surface area contributed by atoms with Gasteiger partial charge in [-0.05, 0) is 35.9 Å². The molecule has 2 aromatic carbocycles. The Kier molecular flexibility index (Phi) is 7.24. The third kappa shape index (κ3) is 5.02. The quantitative estimate of drug-likeness (QED) is 0.441. The van der Waals surface area contributed by atoms with E-state index >= 15 is 4.39 Å². The number of aromatic nitrogens is 1. The maximum absolute atomic E-state index is 15.3. The van der Waals surface area contributed by atoms with Crippen molar-refractivity contribution in [3.8, 4) is 11.5 Å². The number of pyridine rings is 1. The summed E-state index contributed by atoms with van der Waals surface area (Å²) in [6.07, 6.45) is 2.70. The Labute approximate surface area is 206 Å². The number of halogens is 1. The number of ether oxygens (including phenoxy) is 2. The van der Waals surface area contributed by atoms with Gasteiger partial charge in [-0.15, -0.1) is 0 Å². The summed E-state index contributed by atoms with van der Waals surface area (Å²) in [5, 5.41) is 18.0. The normalized spacial score (nSPS) is 14.4. The lowest BCUT2D eigenvalue weighted by Crippen LogP contribution is -2.26. The van der Waals surface area contributed by atoms with E-state index in [-0.39, 0.29) is 29.1 Å². The number of carboxylic acid groups (broad SMARTS) is 1. The zero-order valence-electron chi connectivity index (χ0n) is 19.6. The highest BCUT2D eigenvalue weighted by molar-refractivity contribution is 6.36. The summed E-state index contributed by atoms with van der Waals surface area (Å²) in [5.74, 6) is -1.82. The Balaban J connectivity index is 1.88. The number of hydrogen-bond acceptors (Lipinski definition) is 7. The van der Waals surface area contributed by atoms with Crippen LogP contribution < -0.4 is 19.8 Å². The molecule has 1 aromatic heterocycles. The van der Waals surface area contributed by atoms with Crippen molar-refractivity contribution in [2.45, 2.75) is 13.0 Å². The van der Waals surface area contributed by atoms with Crippen molar-refractivity contribution in [3.63, 3.8) is 0 Å². The largest absolute Gasteiger partial charge is 0.497 e. The van der Waals surface area contributed by atoms with Gasteiger partial charge in [-0.2, -0.15) is 10.1 Å². The average Bonchev–Trinajstić information content (AvgIpc) is 3.20. The van der Waals surface area contributed by atoms with Crippen molar-refractivity contribution in [2.75, 3.05) is 19.2 Å². The number of nitrogens with zero attached hydrogens (tertiary/aromatic N) is 3. The highest BCUT2D eigenvalue weighted by atomic mass is 19.1. The minimum Gasteiger partial charge on any atom is -0.497 e. The molecular weight excluding hydrogens is 467 g/mol. The van der Waals surface area contributed by atoms with Crippen LogP contribution in [0.3, 0.4) is 0 Å². The molecule has 0 bridgehead atoms. The van der Waals surface area contributed by atoms with Gasteiger partial charge in [0.2, 0.25) is 0 Å². The van der Waals surface area contributed by atoms with E-state index in [9.17, 15) is 14.7 Å². The summed E-state index contributed by atoms with van der Waals surface area (Å²) in [5.41, 5.74) is 1.17. The van der Waals surface area contributed by atoms with Gasteiger partial charge in [-0.3, -0.25) is 14.6 Å². The number of carboxylic acids is 1. The number of hydrazone groups is 1. The zero-order chi connectivity index (χ0) is 25.7. The molecule has 3 aromatic rings. The summed E-state index contributed by atoms with van der Waals surface area (Å²) < 4.78 is 25.7. The number of amides is 1. The molecule has 2 heterocycles. The molecule has 0 saturated heterocycles. The smallest absolute Gasteiger partial charge is 0.309 e. The molecule has 1 aliphatic heterocycles. The van der Waals surface area contributed by atoms with Crippen LogP contribution in [0.15, 0.2) is 77.7 Å². The molecule has 2 N–H and O–H groups in total. The topological polar surface area (TPSA) is 113 Å². The molecule has 1 aliphatic rings. The fourth-order valence-corrected chi connectivity index (χ4v) is 3.77. The highest BCUT2D eigenvalue weighted by Crippen LogP contribution is 2.35. The van der Waals surface area contributed by atoms with Crippen molar-refractivity contribution in [1.82, 2.24) is 10.3 Å². The molecule has 0 saturated carbocycles. The number of carbonyl (C=O) groups excluding carboxylic acids is 1. The van der Waals surface area contributed by atoms with Crippen molar-refractivity contribution in [2.24, 2.45) is 5.10 Å². The molecule has 10 heteroatoms. The highest BCUT2D eigenvalue weighted by Gasteiger charge is 2.37. The number of carbonyl (C=O) groups is 2. The van der Waals surface area contributed by atoms with Crippen LogP contribution in [0.4, 0.5) is 10.1 Å². The van der Waals surface area contributed by atoms with Crippen LogP contribution in [0.25, 0.3) is 5.70 Å². The van der Waals surface area contributed by atoms with E-state index in [4.69, 9.17) is 9.47 Å². The fourth-order valence-electron chi connectivity index (χ4n) is 3.77. The first-order valence-corrected chi connectivity index (χ1v) is 10.9. The number of para-hydroxylation sites is 2. The molecule has 0 radical (unpaired) electrons. The van der Waals surface area contributed by atoms with E-state index in [0.29, 0.717) is 17.2 Å². The average molecular weight is 490 g/mol. The second-order valence-corrected chi connectivity index (χ2v) is 7.72. The number of rotatable bonds is 9. The van der Waals surface area contributed by atoms with Crippen LogP contribution in [0.5, 0.6) is 11.5 Å². The van der Waals surface area contributed by atoms with Crippen LogP contribution in [0.2, 0.25) is 0 Å². The van der Waals surface area contributed by atoms with Gasteiger partial charge in [0.25, 0.3) is 5.91 Å². The van der Waals surface area contributed by atoms with Gasteiger partial charge in [0.1, 0.15) is 23.0 Å². The van der Waals surface area contributed by atoms with Crippen molar-refractivity contribution in [1.29, 1.82) is 0 Å². The van der Waals surface area contributed by atoms with Gasteiger partial charge in [0.05, 0.1) is 37.6 Å². The van der Waals surface area contributed by atoms with E-state index in [1.165, 1.54) is 26.4 Å². The molecule has 0 fully saturated rings. The molecule has 36 heavy (non-hydrogen) atoms. The van der Waals surface area contributed by atoms with Crippen molar-refractivity contribution >= 4 is 29.0 Å². The molecule has 1 amide bonds. The van der Waals surface area contributed by atoms with Crippen LogP contribution in [0.1, 0.15) is 17.5 Å². The first-order valence-electron chi connectivity index (χ1n) is 10.9. The molecular formula is C26H23FN4O5. The predicted octanol–water partition coefficient (Wildman–Crippen LogP) is 3.62. The SMILES string of the molecule is COc1ccc(C(NCc2cccnc2)=C2C(=O)N(c3ccccc3OC)N=C2CC(=O)O)c(F)c1. The second-order valence-electron chi connectivity index (χ2n) is 7.72. The van der Waals surface area contributed by atoms with E-state index < -0.39 is 24.1 Å². The van der Waals surface area contributed by atoms with Gasteiger partial charge >= 0.3 is 5.97 Å². The monoisotopic (exact) mass is 490 g/mol. The Morgan fingerprint density at radius 2 is 1.92 bits per heavy atom. The first-order chi connectivity index (χ1) is 17.4. The Morgan fingerprint density at radius 1 is 1.11 bits per heavy atom. The summed E-state index contributed by atoms with van der Waals surface area (Å²) in [4.78, 5) is 29.5. The minimum atomic E-state index is -1.19. The molecule has 9 nitrogen and oxygen atoms in total. The number of nitrogens with one attached hydrogen (secondary N) is 1. The molecule has 0 aliphatic carbocycles. The lowest BCUT2D eigenvalue weighted by Gasteiger charge is -2.18. The number of hydrogen-bond donors (Lipinski definition) is 2. The van der Waals surface area contributed by atoms with E-state index in [0.717, 1.165) is 10.6 Å². The van der Waals surface area contributed by atoms with E-state index in [1.807, 2.05) is 6.07 Å². The zero-order valence-corrected chi connectivity index (χ0v) is 19.6. The maximum Gasteiger partial charge on any atom is 0.309 e. The third-order valence-corrected chi connectivity index (χ3v) is 5.44. The number of methoxy groups -OCH3 is 2. The lowest BCUT2D eigenvalue weighted by molar-refractivity contribution is -0.135. The van der Waals surface area contributed by atoms with Gasteiger partial charge in [-0.25, -0.2) is 4.39 Å². The minimum absolute atomic E-state index is 0.0256. The van der Waals surface area contributed by atoms with Gasteiger partial charge in [0, 0.05) is 30.6 Å². The van der Waals surface area contributed by atoms with Gasteiger partial charge in [0.15, 0.2) is 0 Å². The number of benzene rings is 2. The lowest BCUT2D eigenvalue weighted by atomic mass is 9.99. The Morgan fingerprint density at radius 3 is 2.58 bits per heavy atom. The molecule has 4 rings (SSSR count). The van der Waals surface area contributed by atoms with Crippen LogP contribution in [-0.4, -0.2) is 41.9 Å². The second kappa shape index (κ2) is 10.7. The molecule has 0 atom stereocenters. The standard InChI is InChI=1S/C26H23FN4O5/c1-35-17-9-10-18(19(27)12-17)25(29-15-16-6-5-11-28-14-16)24-20(13-23(32)33)30-31(26(24)34)21-7-3-4-8-22(21)36-2/h3-12,14,29H,13,15H2,1-2H3,(H,32,33). The van der Waals surface area contributed by atoms with Crippen LogP contribution in [0, 0.1) is 5.82 Å². The summed E-state index contributed by atoms with van der Waals surface area (Å²) in [7, 11) is 2.86. The third-order valence-electron chi connectivity index (χ3n) is 5.44. The van der Waals surface area contributed by atoms with Crippen molar-refractivity contribution in [3.05, 3.63) is 89.5 Å². The Bertz CT molecular complexity index is 1360. The molecule has 0 spiro atoms. The summed E-state index contributed by atoms with van der Waals surface area (Å²) in [6, 6.07) is 14.5. The molecule has 0 unspecified atom stereocenters. The van der Waals surface area contributed by atoms with Crippen LogP contribution >= 0.6 is 0 Å². The summed E-state index contributed by atoms with van der Waals surface area (Å²) in [6.45, 7) is 0.195. The van der Waals surface area contributed by atoms with Gasteiger partial charge < -0.3 is 19.9 Å². The maximum atomic E-state index is 15.3. The van der Waals surface area contributed by atoms with Crippen molar-refractivity contribution < 1.29 is 28.6 Å². The van der Waals surface area contributed by atoms with Gasteiger partial charge in [-0.1, -0.05) is 18.2 Å². The first kappa shape index (κ1) is 24.4. The Hall–Kier alpha value is -4.73. The fraction of sp³-hybridized carbons (Fsp3) is 0.154. The molecule has 184 valence electrons. The van der Waals surface area contributed by atoms with E-state index in [2.05, 4.69) is 15.4 Å². The number of anilines is 1. The van der Waals surface area contributed by atoms with Crippen LogP contribution in [-0.2, 0) is 16.1 Å². The number of aliphatic carboxylic acids is 1. The van der Waals surface area contributed by atoms with E-state index in [1.54, 1.807) is 48.8 Å². The summed E-state index contributed by atoms with van der Waals surface area (Å²) >= 11 is 0. The predicted molar refractivity (Wildman–Crippen MR) is 131 cm³/mol.